The molecule has 1 saturated heterocycles. The summed E-state index contributed by atoms with van der Waals surface area (Å²) < 4.78 is 10.3. The number of ether oxygens (including phenoxy) is 2. The van der Waals surface area contributed by atoms with Crippen LogP contribution in [-0.2, 0) is 9.53 Å². The Hall–Kier alpha value is -2.41. The molecule has 1 aromatic heterocycles. The normalized spacial score (nSPS) is 13.8. The number of likely N-dealkylation sites (tertiary alicyclic amines) is 1. The van der Waals surface area contributed by atoms with Crippen molar-refractivity contribution in [2.75, 3.05) is 26.8 Å². The van der Waals surface area contributed by atoms with Crippen LogP contribution in [0.5, 0.6) is 5.75 Å². The van der Waals surface area contributed by atoms with E-state index in [4.69, 9.17) is 9.47 Å². The molecule has 6 nitrogen and oxygen atoms in total. The summed E-state index contributed by atoms with van der Waals surface area (Å²) in [5.74, 6) is 0.128. The van der Waals surface area contributed by atoms with Crippen molar-refractivity contribution in [2.24, 2.45) is 0 Å². The van der Waals surface area contributed by atoms with Crippen molar-refractivity contribution in [1.29, 1.82) is 0 Å². The van der Waals surface area contributed by atoms with Gasteiger partial charge in [-0.3, -0.25) is 4.79 Å². The average Bonchev–Trinajstić information content (AvgIpc) is 3.29. The summed E-state index contributed by atoms with van der Waals surface area (Å²) in [6.07, 6.45) is 2.03. The van der Waals surface area contributed by atoms with Crippen LogP contribution in [0.15, 0.2) is 24.3 Å². The third-order valence-corrected chi connectivity index (χ3v) is 5.29. The van der Waals surface area contributed by atoms with Crippen molar-refractivity contribution < 1.29 is 19.1 Å². The number of benzene rings is 1. The van der Waals surface area contributed by atoms with Gasteiger partial charge in [-0.25, -0.2) is 9.78 Å². The molecule has 0 bridgehead atoms. The van der Waals surface area contributed by atoms with Crippen molar-refractivity contribution in [2.45, 2.75) is 19.8 Å². The maximum atomic E-state index is 12.3. The number of methoxy groups -OCH3 is 1. The Balaban J connectivity index is 1.66. The van der Waals surface area contributed by atoms with E-state index in [-0.39, 0.29) is 12.5 Å². The van der Waals surface area contributed by atoms with Crippen molar-refractivity contribution in [3.8, 4) is 16.3 Å². The lowest BCUT2D eigenvalue weighted by molar-refractivity contribution is -0.133. The topological polar surface area (TPSA) is 68.7 Å². The predicted molar refractivity (Wildman–Crippen MR) is 94.9 cm³/mol. The van der Waals surface area contributed by atoms with Gasteiger partial charge in [0.15, 0.2) is 6.61 Å². The monoisotopic (exact) mass is 360 g/mol. The second-order valence-corrected chi connectivity index (χ2v) is 6.83. The largest absolute Gasteiger partial charge is 0.497 e. The molecule has 0 atom stereocenters. The van der Waals surface area contributed by atoms with E-state index in [1.165, 1.54) is 11.3 Å². The Morgan fingerprint density at radius 1 is 1.20 bits per heavy atom. The van der Waals surface area contributed by atoms with Crippen LogP contribution in [0, 0.1) is 6.92 Å². The molecule has 0 radical (unpaired) electrons. The molecular weight excluding hydrogens is 340 g/mol. The highest BCUT2D eigenvalue weighted by Crippen LogP contribution is 2.29. The fraction of sp³-hybridized carbons (Fsp3) is 0.389. The summed E-state index contributed by atoms with van der Waals surface area (Å²) in [6, 6.07) is 7.48. The molecule has 3 rings (SSSR count). The molecule has 2 heterocycles. The fourth-order valence-corrected chi connectivity index (χ4v) is 3.66. The smallest absolute Gasteiger partial charge is 0.350 e. The van der Waals surface area contributed by atoms with Gasteiger partial charge in [-0.2, -0.15) is 0 Å². The van der Waals surface area contributed by atoms with E-state index in [2.05, 4.69) is 4.98 Å². The van der Waals surface area contributed by atoms with Gasteiger partial charge >= 0.3 is 5.97 Å². The van der Waals surface area contributed by atoms with Crippen molar-refractivity contribution in [3.63, 3.8) is 0 Å². The zero-order chi connectivity index (χ0) is 17.8. The van der Waals surface area contributed by atoms with Gasteiger partial charge in [-0.05, 0) is 44.0 Å². The van der Waals surface area contributed by atoms with Crippen LogP contribution < -0.4 is 4.74 Å². The number of aromatic nitrogens is 1. The SMILES string of the molecule is COc1ccc(-c2nc(C)c(C(=O)OCC(=O)N3CCCC3)s2)cc1. The third kappa shape index (κ3) is 3.99. The van der Waals surface area contributed by atoms with Crippen LogP contribution in [0.4, 0.5) is 0 Å². The highest BCUT2D eigenvalue weighted by Gasteiger charge is 2.22. The number of amides is 1. The van der Waals surface area contributed by atoms with E-state index in [1.54, 1.807) is 18.9 Å². The number of hydrogen-bond donors (Lipinski definition) is 0. The van der Waals surface area contributed by atoms with Crippen LogP contribution in [0.3, 0.4) is 0 Å². The van der Waals surface area contributed by atoms with Gasteiger partial charge < -0.3 is 14.4 Å². The second kappa shape index (κ2) is 7.65. The predicted octanol–water partition coefficient (Wildman–Crippen LogP) is 2.91. The van der Waals surface area contributed by atoms with Crippen molar-refractivity contribution in [3.05, 3.63) is 34.8 Å². The summed E-state index contributed by atoms with van der Waals surface area (Å²) in [5.41, 5.74) is 1.51. The summed E-state index contributed by atoms with van der Waals surface area (Å²) >= 11 is 1.27. The number of hydrogen-bond acceptors (Lipinski definition) is 6. The first-order valence-electron chi connectivity index (χ1n) is 8.15. The van der Waals surface area contributed by atoms with E-state index in [0.29, 0.717) is 10.6 Å². The zero-order valence-electron chi connectivity index (χ0n) is 14.3. The fourth-order valence-electron chi connectivity index (χ4n) is 2.69. The van der Waals surface area contributed by atoms with Crippen LogP contribution in [0.1, 0.15) is 28.2 Å². The molecule has 1 aliphatic heterocycles. The number of thiazole rings is 1. The maximum absolute atomic E-state index is 12.3. The van der Waals surface area contributed by atoms with Crippen molar-refractivity contribution >= 4 is 23.2 Å². The first-order chi connectivity index (χ1) is 12.1. The highest BCUT2D eigenvalue weighted by atomic mass is 32.1. The maximum Gasteiger partial charge on any atom is 0.350 e. The van der Waals surface area contributed by atoms with Gasteiger partial charge in [0.05, 0.1) is 12.8 Å². The molecule has 1 amide bonds. The second-order valence-electron chi connectivity index (χ2n) is 5.83. The Morgan fingerprint density at radius 3 is 2.52 bits per heavy atom. The number of carbonyl (C=O) groups is 2. The number of carbonyl (C=O) groups excluding carboxylic acids is 2. The van der Waals surface area contributed by atoms with Gasteiger partial charge in [0.1, 0.15) is 15.6 Å². The minimum absolute atomic E-state index is 0.136. The van der Waals surface area contributed by atoms with Gasteiger partial charge in [-0.15, -0.1) is 11.3 Å². The standard InChI is InChI=1S/C18H20N2O4S/c1-12-16(18(22)24-11-15(21)20-9-3-4-10-20)25-17(19-12)13-5-7-14(23-2)8-6-13/h5-8H,3-4,9-11H2,1-2H3. The van der Waals surface area contributed by atoms with Crippen molar-refractivity contribution in [1.82, 2.24) is 9.88 Å². The summed E-state index contributed by atoms with van der Waals surface area (Å²) in [6.45, 7) is 3.05. The first kappa shape index (κ1) is 17.4. The molecule has 0 spiro atoms. The van der Waals surface area contributed by atoms with Crippen LogP contribution >= 0.6 is 11.3 Å². The molecule has 132 valence electrons. The Bertz CT molecular complexity index is 764. The molecular formula is C18H20N2O4S. The lowest BCUT2D eigenvalue weighted by atomic mass is 10.2. The molecule has 0 aliphatic carbocycles. The van der Waals surface area contributed by atoms with Crippen LogP contribution in [-0.4, -0.2) is 48.6 Å². The summed E-state index contributed by atoms with van der Waals surface area (Å²) in [5, 5.41) is 0.734. The van der Waals surface area contributed by atoms with Gasteiger partial charge in [0.25, 0.3) is 5.91 Å². The Kier molecular flexibility index (Phi) is 5.33. The molecule has 25 heavy (non-hydrogen) atoms. The Labute approximate surface area is 150 Å². The molecule has 7 heteroatoms. The highest BCUT2D eigenvalue weighted by molar-refractivity contribution is 7.17. The average molecular weight is 360 g/mol. The minimum atomic E-state index is -0.498. The van der Waals surface area contributed by atoms with Gasteiger partial charge in [-0.1, -0.05) is 0 Å². The van der Waals surface area contributed by atoms with Crippen LogP contribution in [0.2, 0.25) is 0 Å². The van der Waals surface area contributed by atoms with E-state index in [9.17, 15) is 9.59 Å². The molecule has 2 aromatic rings. The quantitative estimate of drug-likeness (QED) is 0.767. The number of rotatable bonds is 5. The van der Waals surface area contributed by atoms with Gasteiger partial charge in [0, 0.05) is 18.7 Å². The van der Waals surface area contributed by atoms with E-state index >= 15 is 0 Å². The molecule has 0 unspecified atom stereocenters. The minimum Gasteiger partial charge on any atom is -0.497 e. The van der Waals surface area contributed by atoms with E-state index < -0.39 is 5.97 Å². The third-order valence-electron chi connectivity index (χ3n) is 4.10. The first-order valence-corrected chi connectivity index (χ1v) is 8.97. The molecule has 1 fully saturated rings. The number of esters is 1. The zero-order valence-corrected chi connectivity index (χ0v) is 15.1. The molecule has 1 aliphatic rings. The number of aryl methyl sites for hydroxylation is 1. The molecule has 1 aromatic carbocycles. The van der Waals surface area contributed by atoms with E-state index in [1.807, 2.05) is 24.3 Å². The van der Waals surface area contributed by atoms with Crippen LogP contribution in [0.25, 0.3) is 10.6 Å². The Morgan fingerprint density at radius 2 is 1.88 bits per heavy atom. The molecule has 0 saturated carbocycles. The lowest BCUT2D eigenvalue weighted by Gasteiger charge is -2.14. The van der Waals surface area contributed by atoms with E-state index in [0.717, 1.165) is 42.3 Å². The summed E-state index contributed by atoms with van der Waals surface area (Å²) in [7, 11) is 1.61. The van der Waals surface area contributed by atoms with Gasteiger partial charge in [0.2, 0.25) is 0 Å². The lowest BCUT2D eigenvalue weighted by Crippen LogP contribution is -2.32. The molecule has 0 N–H and O–H groups in total. The summed E-state index contributed by atoms with van der Waals surface area (Å²) in [4.78, 5) is 30.9. The number of nitrogens with zero attached hydrogens (tertiary/aromatic N) is 2.